The van der Waals surface area contributed by atoms with E-state index in [4.69, 9.17) is 4.98 Å². The Morgan fingerprint density at radius 3 is 2.76 bits per heavy atom. The van der Waals surface area contributed by atoms with Crippen LogP contribution in [0.3, 0.4) is 0 Å². The van der Waals surface area contributed by atoms with Crippen LogP contribution in [0.15, 0.2) is 17.5 Å². The molecule has 134 valence electrons. The minimum absolute atomic E-state index is 0.0505. The summed E-state index contributed by atoms with van der Waals surface area (Å²) in [5.41, 5.74) is 4.09. The number of aromatic nitrogens is 2. The highest BCUT2D eigenvalue weighted by atomic mass is 32.1. The quantitative estimate of drug-likeness (QED) is 0.887. The second-order valence-corrected chi connectivity index (χ2v) is 7.98. The lowest BCUT2D eigenvalue weighted by molar-refractivity contribution is -0.135. The number of hydrogen-bond donors (Lipinski definition) is 1. The third-order valence-electron chi connectivity index (χ3n) is 4.49. The van der Waals surface area contributed by atoms with E-state index in [9.17, 15) is 4.79 Å². The van der Waals surface area contributed by atoms with Crippen molar-refractivity contribution in [1.29, 1.82) is 0 Å². The van der Waals surface area contributed by atoms with Gasteiger partial charge in [-0.1, -0.05) is 13.8 Å². The first kappa shape index (κ1) is 17.9. The van der Waals surface area contributed by atoms with Crippen molar-refractivity contribution in [2.24, 2.45) is 5.92 Å². The van der Waals surface area contributed by atoms with Crippen molar-refractivity contribution in [1.82, 2.24) is 14.9 Å². The molecule has 1 fully saturated rings. The second kappa shape index (κ2) is 7.52. The monoisotopic (exact) mass is 358 g/mol. The van der Waals surface area contributed by atoms with Crippen LogP contribution in [-0.4, -0.2) is 33.9 Å². The number of pyridine rings is 1. The van der Waals surface area contributed by atoms with E-state index in [0.717, 1.165) is 53.8 Å². The van der Waals surface area contributed by atoms with E-state index in [0.29, 0.717) is 5.92 Å². The molecular weight excluding hydrogens is 332 g/mol. The summed E-state index contributed by atoms with van der Waals surface area (Å²) in [6.07, 6.45) is 2.11. The van der Waals surface area contributed by atoms with E-state index in [2.05, 4.69) is 16.4 Å². The predicted octanol–water partition coefficient (Wildman–Crippen LogP) is 4.26. The van der Waals surface area contributed by atoms with E-state index < -0.39 is 0 Å². The average molecular weight is 359 g/mol. The first-order valence-corrected chi connectivity index (χ1v) is 9.77. The lowest BCUT2D eigenvalue weighted by Gasteiger charge is -2.33. The van der Waals surface area contributed by atoms with Crippen LogP contribution in [0, 0.1) is 19.8 Å². The zero-order valence-corrected chi connectivity index (χ0v) is 16.2. The van der Waals surface area contributed by atoms with Gasteiger partial charge >= 0.3 is 0 Å². The maximum atomic E-state index is 12.3. The molecule has 1 N–H and O–H groups in total. The number of aryl methyl sites for hydroxylation is 2. The summed E-state index contributed by atoms with van der Waals surface area (Å²) in [4.78, 5) is 23.6. The third-order valence-corrected chi connectivity index (χ3v) is 5.36. The number of anilines is 2. The molecule has 3 rings (SSSR count). The Hall–Kier alpha value is -1.95. The summed E-state index contributed by atoms with van der Waals surface area (Å²) in [7, 11) is 0. The lowest BCUT2D eigenvalue weighted by atomic mass is 9.93. The number of amides is 1. The van der Waals surface area contributed by atoms with E-state index in [1.165, 1.54) is 0 Å². The molecule has 0 aliphatic carbocycles. The Bertz CT molecular complexity index is 756. The minimum Gasteiger partial charge on any atom is -0.342 e. The van der Waals surface area contributed by atoms with E-state index in [1.807, 2.05) is 44.0 Å². The number of rotatable bonds is 4. The highest BCUT2D eigenvalue weighted by Gasteiger charge is 2.27. The topological polar surface area (TPSA) is 58.1 Å². The molecule has 1 amide bonds. The summed E-state index contributed by atoms with van der Waals surface area (Å²) in [6, 6.07) is 4.15. The zero-order valence-electron chi connectivity index (χ0n) is 15.4. The fourth-order valence-corrected chi connectivity index (χ4v) is 4.00. The van der Waals surface area contributed by atoms with Crippen LogP contribution in [0.4, 0.5) is 10.8 Å². The molecule has 0 radical (unpaired) electrons. The molecule has 1 atom stereocenters. The standard InChI is InChI=1S/C19H26N4OS/c1-12(2)18(24)23-7-5-6-15(10-23)17-9-16(8-13(3)20-17)22-19-21-14(4)11-25-19/h8-9,11-12,15H,5-7,10H2,1-4H3,(H,20,21,22)/t15-/m0/s1. The lowest BCUT2D eigenvalue weighted by Crippen LogP contribution is -2.41. The van der Waals surface area contributed by atoms with Gasteiger partial charge in [0.1, 0.15) is 0 Å². The van der Waals surface area contributed by atoms with Gasteiger partial charge in [-0.3, -0.25) is 9.78 Å². The number of nitrogens with one attached hydrogen (secondary N) is 1. The maximum Gasteiger partial charge on any atom is 0.225 e. The first-order chi connectivity index (χ1) is 11.9. The molecule has 1 aliphatic heterocycles. The van der Waals surface area contributed by atoms with Gasteiger partial charge in [0.2, 0.25) is 5.91 Å². The number of carbonyl (C=O) groups is 1. The van der Waals surface area contributed by atoms with Crippen molar-refractivity contribution in [3.63, 3.8) is 0 Å². The Morgan fingerprint density at radius 2 is 2.08 bits per heavy atom. The average Bonchev–Trinajstić information content (AvgIpc) is 2.98. The molecule has 0 bridgehead atoms. The van der Waals surface area contributed by atoms with E-state index in [-0.39, 0.29) is 11.8 Å². The number of nitrogens with zero attached hydrogens (tertiary/aromatic N) is 3. The van der Waals surface area contributed by atoms with Crippen molar-refractivity contribution < 1.29 is 4.79 Å². The van der Waals surface area contributed by atoms with Crippen LogP contribution in [-0.2, 0) is 4.79 Å². The van der Waals surface area contributed by atoms with Crippen LogP contribution < -0.4 is 5.32 Å². The molecule has 1 saturated heterocycles. The largest absolute Gasteiger partial charge is 0.342 e. The first-order valence-electron chi connectivity index (χ1n) is 8.89. The summed E-state index contributed by atoms with van der Waals surface area (Å²) < 4.78 is 0. The van der Waals surface area contributed by atoms with Crippen molar-refractivity contribution in [2.45, 2.75) is 46.5 Å². The van der Waals surface area contributed by atoms with Gasteiger partial charge in [-0.05, 0) is 38.8 Å². The smallest absolute Gasteiger partial charge is 0.225 e. The highest BCUT2D eigenvalue weighted by Crippen LogP contribution is 2.30. The van der Waals surface area contributed by atoms with Gasteiger partial charge < -0.3 is 10.2 Å². The Balaban J connectivity index is 1.78. The fourth-order valence-electron chi connectivity index (χ4n) is 3.29. The Morgan fingerprint density at radius 1 is 1.28 bits per heavy atom. The molecule has 2 aromatic heterocycles. The fraction of sp³-hybridized carbons (Fsp3) is 0.526. The summed E-state index contributed by atoms with van der Waals surface area (Å²) in [5.74, 6) is 0.596. The van der Waals surface area contributed by atoms with Crippen molar-refractivity contribution >= 4 is 28.1 Å². The number of piperidine rings is 1. The molecule has 2 aromatic rings. The molecule has 5 nitrogen and oxygen atoms in total. The van der Waals surface area contributed by atoms with Gasteiger partial charge in [-0.25, -0.2) is 4.98 Å². The van der Waals surface area contributed by atoms with E-state index >= 15 is 0 Å². The van der Waals surface area contributed by atoms with Crippen LogP contribution in [0.1, 0.15) is 49.7 Å². The highest BCUT2D eigenvalue weighted by molar-refractivity contribution is 7.13. The molecule has 1 aliphatic rings. The normalized spacial score (nSPS) is 17.8. The molecule has 25 heavy (non-hydrogen) atoms. The van der Waals surface area contributed by atoms with Crippen LogP contribution >= 0.6 is 11.3 Å². The molecule has 3 heterocycles. The molecule has 6 heteroatoms. The van der Waals surface area contributed by atoms with Gasteiger partial charge in [0, 0.05) is 47.4 Å². The van der Waals surface area contributed by atoms with Crippen LogP contribution in [0.2, 0.25) is 0 Å². The summed E-state index contributed by atoms with van der Waals surface area (Å²) >= 11 is 1.60. The molecule has 0 saturated carbocycles. The van der Waals surface area contributed by atoms with Gasteiger partial charge in [-0.15, -0.1) is 11.3 Å². The molecule has 0 spiro atoms. The number of thiazole rings is 1. The van der Waals surface area contributed by atoms with Gasteiger partial charge in [0.15, 0.2) is 5.13 Å². The number of hydrogen-bond acceptors (Lipinski definition) is 5. The van der Waals surface area contributed by atoms with Gasteiger partial charge in [0.25, 0.3) is 0 Å². The predicted molar refractivity (Wildman–Crippen MR) is 103 cm³/mol. The second-order valence-electron chi connectivity index (χ2n) is 7.12. The van der Waals surface area contributed by atoms with Gasteiger partial charge in [0.05, 0.1) is 5.69 Å². The molecular formula is C19H26N4OS. The molecule has 0 aromatic carbocycles. The van der Waals surface area contributed by atoms with Crippen molar-refractivity contribution in [3.8, 4) is 0 Å². The minimum atomic E-state index is 0.0505. The Kier molecular flexibility index (Phi) is 5.37. The SMILES string of the molecule is Cc1cc(Nc2nc(C)cs2)cc([C@H]2CCCN(C(=O)C(C)C)C2)n1. The molecule has 0 unspecified atom stereocenters. The van der Waals surface area contributed by atoms with Crippen molar-refractivity contribution in [3.05, 3.63) is 34.6 Å². The Labute approximate surface area is 153 Å². The zero-order chi connectivity index (χ0) is 18.0. The van der Waals surface area contributed by atoms with Crippen LogP contribution in [0.25, 0.3) is 0 Å². The van der Waals surface area contributed by atoms with Crippen LogP contribution in [0.5, 0.6) is 0 Å². The number of likely N-dealkylation sites (tertiary alicyclic amines) is 1. The summed E-state index contributed by atoms with van der Waals surface area (Å²) in [6.45, 7) is 9.57. The summed E-state index contributed by atoms with van der Waals surface area (Å²) in [5, 5.41) is 6.32. The van der Waals surface area contributed by atoms with Crippen molar-refractivity contribution in [2.75, 3.05) is 18.4 Å². The van der Waals surface area contributed by atoms with Gasteiger partial charge in [-0.2, -0.15) is 0 Å². The van der Waals surface area contributed by atoms with E-state index in [1.54, 1.807) is 11.3 Å². The maximum absolute atomic E-state index is 12.3. The third kappa shape index (κ3) is 4.37. The number of carbonyl (C=O) groups excluding carboxylic acids is 1.